The number of aromatic nitrogens is 2. The number of carbonyl (C=O) groups is 1. The first kappa shape index (κ1) is 16.6. The Balaban J connectivity index is 2.00. The molecule has 0 unspecified atom stereocenters. The lowest BCUT2D eigenvalue weighted by molar-refractivity contribution is 0.229. The first-order valence-electron chi connectivity index (χ1n) is 8.51. The second kappa shape index (κ2) is 5.96. The van der Waals surface area contributed by atoms with Gasteiger partial charge in [0.15, 0.2) is 0 Å². The van der Waals surface area contributed by atoms with E-state index in [0.717, 1.165) is 35.7 Å². The summed E-state index contributed by atoms with van der Waals surface area (Å²) in [6, 6.07) is 6.23. The number of anilines is 1. The van der Waals surface area contributed by atoms with Gasteiger partial charge >= 0.3 is 6.03 Å². The van der Waals surface area contributed by atoms with Crippen molar-refractivity contribution in [2.45, 2.75) is 40.5 Å². The van der Waals surface area contributed by atoms with E-state index in [2.05, 4.69) is 46.8 Å². The molecule has 2 amide bonds. The zero-order valence-corrected chi connectivity index (χ0v) is 15.4. The van der Waals surface area contributed by atoms with Gasteiger partial charge in [-0.25, -0.2) is 9.48 Å². The van der Waals surface area contributed by atoms with E-state index in [0.29, 0.717) is 5.92 Å². The van der Waals surface area contributed by atoms with Crippen LogP contribution in [-0.4, -0.2) is 40.8 Å². The predicted octanol–water partition coefficient (Wildman–Crippen LogP) is 3.79. The van der Waals surface area contributed by atoms with Crippen LogP contribution in [0.4, 0.5) is 10.5 Å². The maximum atomic E-state index is 12.2. The summed E-state index contributed by atoms with van der Waals surface area (Å²) in [6.07, 6.45) is 0. The number of likely N-dealkylation sites (N-methyl/N-ethyl adjacent to an activating group) is 1. The van der Waals surface area contributed by atoms with Crippen LogP contribution in [0.15, 0.2) is 18.2 Å². The summed E-state index contributed by atoms with van der Waals surface area (Å²) in [7, 11) is 1.84. The number of hydrogen-bond acceptors (Lipinski definition) is 2. The van der Waals surface area contributed by atoms with E-state index < -0.39 is 0 Å². The summed E-state index contributed by atoms with van der Waals surface area (Å²) in [4.78, 5) is 15.8. The SMILES string of the molecule is Cc1cc(N2CCN(C)C2=O)ccc1-n1nc(C)c(C(C)C)c1C. The molecule has 1 aliphatic rings. The van der Waals surface area contributed by atoms with Gasteiger partial charge in [0.25, 0.3) is 0 Å². The summed E-state index contributed by atoms with van der Waals surface area (Å²) in [5.74, 6) is 0.455. The number of urea groups is 1. The van der Waals surface area contributed by atoms with Crippen molar-refractivity contribution < 1.29 is 4.79 Å². The Kier molecular flexibility index (Phi) is 4.11. The highest BCUT2D eigenvalue weighted by Crippen LogP contribution is 2.28. The zero-order chi connectivity index (χ0) is 17.6. The highest BCUT2D eigenvalue weighted by molar-refractivity contribution is 5.94. The molecule has 0 bridgehead atoms. The molecule has 0 radical (unpaired) electrons. The molecule has 3 rings (SSSR count). The Labute approximate surface area is 143 Å². The van der Waals surface area contributed by atoms with Gasteiger partial charge in [-0.2, -0.15) is 5.10 Å². The van der Waals surface area contributed by atoms with Crippen molar-refractivity contribution in [2.24, 2.45) is 0 Å². The van der Waals surface area contributed by atoms with E-state index in [1.165, 1.54) is 11.3 Å². The molecule has 0 N–H and O–H groups in total. The van der Waals surface area contributed by atoms with Crippen LogP contribution in [0.5, 0.6) is 0 Å². The lowest BCUT2D eigenvalue weighted by atomic mass is 10.0. The third kappa shape index (κ3) is 2.58. The van der Waals surface area contributed by atoms with Crippen LogP contribution < -0.4 is 4.90 Å². The van der Waals surface area contributed by atoms with Gasteiger partial charge in [0.05, 0.1) is 11.4 Å². The Morgan fingerprint density at radius 3 is 2.33 bits per heavy atom. The van der Waals surface area contributed by atoms with Crippen molar-refractivity contribution in [3.05, 3.63) is 40.7 Å². The average molecular weight is 326 g/mol. The molecular weight excluding hydrogens is 300 g/mol. The molecule has 5 nitrogen and oxygen atoms in total. The number of hydrogen-bond donors (Lipinski definition) is 0. The van der Waals surface area contributed by atoms with E-state index in [9.17, 15) is 4.79 Å². The zero-order valence-electron chi connectivity index (χ0n) is 15.4. The van der Waals surface area contributed by atoms with Crippen molar-refractivity contribution in [3.63, 3.8) is 0 Å². The van der Waals surface area contributed by atoms with Crippen molar-refractivity contribution in [1.82, 2.24) is 14.7 Å². The molecule has 1 saturated heterocycles. The van der Waals surface area contributed by atoms with Crippen LogP contribution >= 0.6 is 0 Å². The molecule has 24 heavy (non-hydrogen) atoms. The highest BCUT2D eigenvalue weighted by atomic mass is 16.2. The van der Waals surface area contributed by atoms with E-state index >= 15 is 0 Å². The normalized spacial score (nSPS) is 15.0. The molecule has 2 heterocycles. The minimum atomic E-state index is 0.0651. The molecular formula is C19H26N4O. The third-order valence-electron chi connectivity index (χ3n) is 4.86. The second-order valence-electron chi connectivity index (χ2n) is 6.98. The Morgan fingerprint density at radius 2 is 1.83 bits per heavy atom. The number of aryl methyl sites for hydroxylation is 2. The van der Waals surface area contributed by atoms with Gasteiger partial charge in [0.1, 0.15) is 0 Å². The first-order chi connectivity index (χ1) is 11.3. The summed E-state index contributed by atoms with van der Waals surface area (Å²) < 4.78 is 2.03. The largest absolute Gasteiger partial charge is 0.326 e. The minimum Gasteiger partial charge on any atom is -0.326 e. The van der Waals surface area contributed by atoms with Crippen molar-refractivity contribution >= 4 is 11.7 Å². The Bertz CT molecular complexity index is 791. The monoisotopic (exact) mass is 326 g/mol. The number of nitrogens with zero attached hydrogens (tertiary/aromatic N) is 4. The summed E-state index contributed by atoms with van der Waals surface area (Å²) in [5.41, 5.74) is 6.74. The lowest BCUT2D eigenvalue weighted by Gasteiger charge is -2.18. The van der Waals surface area contributed by atoms with Gasteiger partial charge < -0.3 is 4.90 Å². The van der Waals surface area contributed by atoms with Gasteiger partial charge in [-0.3, -0.25) is 4.90 Å². The fourth-order valence-corrected chi connectivity index (χ4v) is 3.66. The fourth-order valence-electron chi connectivity index (χ4n) is 3.66. The van der Waals surface area contributed by atoms with Gasteiger partial charge in [0.2, 0.25) is 0 Å². The molecule has 1 aromatic carbocycles. The first-order valence-corrected chi connectivity index (χ1v) is 8.51. The molecule has 1 aromatic heterocycles. The van der Waals surface area contributed by atoms with Crippen LogP contribution in [0, 0.1) is 20.8 Å². The van der Waals surface area contributed by atoms with Crippen LogP contribution in [-0.2, 0) is 0 Å². The summed E-state index contributed by atoms with van der Waals surface area (Å²) in [5, 5.41) is 4.74. The van der Waals surface area contributed by atoms with Crippen LogP contribution in [0.1, 0.15) is 42.3 Å². The molecule has 0 spiro atoms. The van der Waals surface area contributed by atoms with Gasteiger partial charge in [-0.05, 0) is 56.0 Å². The Morgan fingerprint density at radius 1 is 1.12 bits per heavy atom. The Hall–Kier alpha value is -2.30. The van der Waals surface area contributed by atoms with Crippen LogP contribution in [0.25, 0.3) is 5.69 Å². The molecule has 1 aliphatic heterocycles. The maximum absolute atomic E-state index is 12.2. The topological polar surface area (TPSA) is 41.4 Å². The molecule has 2 aromatic rings. The van der Waals surface area contributed by atoms with Gasteiger partial charge in [0, 0.05) is 31.5 Å². The molecule has 0 saturated carbocycles. The fraction of sp³-hybridized carbons (Fsp3) is 0.474. The van der Waals surface area contributed by atoms with Crippen molar-refractivity contribution in [3.8, 4) is 5.69 Å². The average Bonchev–Trinajstić information content (AvgIpc) is 2.99. The molecule has 5 heteroatoms. The number of carbonyl (C=O) groups excluding carboxylic acids is 1. The number of amides is 2. The smallest absolute Gasteiger partial charge is 0.324 e. The molecule has 0 atom stereocenters. The highest BCUT2D eigenvalue weighted by Gasteiger charge is 2.27. The summed E-state index contributed by atoms with van der Waals surface area (Å²) >= 11 is 0. The van der Waals surface area contributed by atoms with E-state index in [-0.39, 0.29) is 6.03 Å². The van der Waals surface area contributed by atoms with Crippen LogP contribution in [0.3, 0.4) is 0 Å². The molecule has 128 valence electrons. The maximum Gasteiger partial charge on any atom is 0.324 e. The number of rotatable bonds is 3. The quantitative estimate of drug-likeness (QED) is 0.861. The van der Waals surface area contributed by atoms with E-state index in [1.54, 1.807) is 4.90 Å². The molecule has 1 fully saturated rings. The lowest BCUT2D eigenvalue weighted by Crippen LogP contribution is -2.29. The summed E-state index contributed by atoms with van der Waals surface area (Å²) in [6.45, 7) is 12.2. The second-order valence-corrected chi connectivity index (χ2v) is 6.98. The standard InChI is InChI=1S/C19H26N4O/c1-12(2)18-14(4)20-23(15(18)5)17-8-7-16(11-13(17)3)22-10-9-21(6)19(22)24/h7-8,11-12H,9-10H2,1-6H3. The number of benzene rings is 1. The van der Waals surface area contributed by atoms with E-state index in [4.69, 9.17) is 5.10 Å². The van der Waals surface area contributed by atoms with Crippen LogP contribution in [0.2, 0.25) is 0 Å². The minimum absolute atomic E-state index is 0.0651. The third-order valence-corrected chi connectivity index (χ3v) is 4.86. The van der Waals surface area contributed by atoms with E-state index in [1.807, 2.05) is 22.7 Å². The van der Waals surface area contributed by atoms with Gasteiger partial charge in [-0.15, -0.1) is 0 Å². The van der Waals surface area contributed by atoms with Crippen molar-refractivity contribution in [2.75, 3.05) is 25.0 Å². The molecule has 0 aliphatic carbocycles. The van der Waals surface area contributed by atoms with Gasteiger partial charge in [-0.1, -0.05) is 13.8 Å². The predicted molar refractivity (Wildman–Crippen MR) is 97.2 cm³/mol. The van der Waals surface area contributed by atoms with Crippen molar-refractivity contribution in [1.29, 1.82) is 0 Å².